The molecule has 1 N–H and O–H groups in total. The van der Waals surface area contributed by atoms with Gasteiger partial charge in [-0.25, -0.2) is 0 Å². The molecule has 0 unspecified atom stereocenters. The van der Waals surface area contributed by atoms with E-state index in [1.54, 1.807) is 12.3 Å². The van der Waals surface area contributed by atoms with Crippen molar-refractivity contribution in [1.82, 2.24) is 4.98 Å². The zero-order chi connectivity index (χ0) is 8.43. The summed E-state index contributed by atoms with van der Waals surface area (Å²) in [6.07, 6.45) is 1.68. The molecule has 0 aromatic carbocycles. The van der Waals surface area contributed by atoms with Crippen molar-refractivity contribution >= 4 is 15.9 Å². The number of nitrogens with one attached hydrogen (secondary N) is 1. The summed E-state index contributed by atoms with van der Waals surface area (Å²) >= 11 is 3.13. The monoisotopic (exact) mass is 215 g/mol. The molecule has 0 amide bonds. The molecule has 3 heteroatoms. The first-order chi connectivity index (χ1) is 5.11. The largest absolute Gasteiger partial charge is 0.364 e. The van der Waals surface area contributed by atoms with E-state index in [1.807, 2.05) is 13.8 Å². The van der Waals surface area contributed by atoms with Crippen LogP contribution in [-0.2, 0) is 0 Å². The van der Waals surface area contributed by atoms with Crippen molar-refractivity contribution in [3.8, 4) is 0 Å². The van der Waals surface area contributed by atoms with Gasteiger partial charge in [-0.1, -0.05) is 13.8 Å². The molecule has 1 heterocycles. The van der Waals surface area contributed by atoms with E-state index in [4.69, 9.17) is 0 Å². The van der Waals surface area contributed by atoms with E-state index >= 15 is 0 Å². The highest BCUT2D eigenvalue weighted by Crippen LogP contribution is 2.09. The van der Waals surface area contributed by atoms with Crippen LogP contribution in [0.15, 0.2) is 21.5 Å². The highest BCUT2D eigenvalue weighted by Gasteiger charge is 2.00. The molecule has 0 spiro atoms. The molecule has 0 fully saturated rings. The minimum Gasteiger partial charge on any atom is -0.364 e. The number of aromatic amines is 1. The highest BCUT2D eigenvalue weighted by molar-refractivity contribution is 9.10. The second-order valence-corrected chi connectivity index (χ2v) is 3.61. The Morgan fingerprint density at radius 2 is 2.18 bits per heavy atom. The van der Waals surface area contributed by atoms with Crippen LogP contribution < -0.4 is 5.43 Å². The first-order valence-electron chi connectivity index (χ1n) is 3.49. The lowest BCUT2D eigenvalue weighted by atomic mass is 10.1. The van der Waals surface area contributed by atoms with E-state index in [2.05, 4.69) is 20.9 Å². The van der Waals surface area contributed by atoms with Gasteiger partial charge in [0.1, 0.15) is 0 Å². The van der Waals surface area contributed by atoms with Crippen LogP contribution >= 0.6 is 15.9 Å². The van der Waals surface area contributed by atoms with Crippen LogP contribution in [0.2, 0.25) is 0 Å². The van der Waals surface area contributed by atoms with Crippen LogP contribution in [0.25, 0.3) is 0 Å². The van der Waals surface area contributed by atoms with Crippen LogP contribution in [0.5, 0.6) is 0 Å². The third kappa shape index (κ3) is 1.93. The number of pyridine rings is 1. The Labute approximate surface area is 73.8 Å². The van der Waals surface area contributed by atoms with Gasteiger partial charge in [0.15, 0.2) is 5.43 Å². The Hall–Kier alpha value is -0.570. The number of hydrogen-bond acceptors (Lipinski definition) is 1. The zero-order valence-electron chi connectivity index (χ0n) is 6.52. The van der Waals surface area contributed by atoms with Crippen LogP contribution in [0, 0.1) is 0 Å². The maximum atomic E-state index is 11.1. The lowest BCUT2D eigenvalue weighted by Gasteiger charge is -2.03. The van der Waals surface area contributed by atoms with Crippen LogP contribution in [0.1, 0.15) is 25.5 Å². The minimum atomic E-state index is 0.0347. The molecule has 1 aromatic heterocycles. The molecule has 1 rings (SSSR count). The normalized spacial score (nSPS) is 10.5. The molecule has 0 aliphatic rings. The van der Waals surface area contributed by atoms with Crippen LogP contribution in [-0.4, -0.2) is 4.98 Å². The Morgan fingerprint density at radius 3 is 2.64 bits per heavy atom. The van der Waals surface area contributed by atoms with E-state index in [9.17, 15) is 4.79 Å². The Morgan fingerprint density at radius 1 is 1.55 bits per heavy atom. The lowest BCUT2D eigenvalue weighted by Crippen LogP contribution is -2.04. The number of hydrogen-bond donors (Lipinski definition) is 1. The van der Waals surface area contributed by atoms with Gasteiger partial charge in [-0.2, -0.15) is 0 Å². The van der Waals surface area contributed by atoms with Gasteiger partial charge in [-0.15, -0.1) is 0 Å². The van der Waals surface area contributed by atoms with Crippen LogP contribution in [0.4, 0.5) is 0 Å². The molecule has 0 aliphatic heterocycles. The third-order valence-electron chi connectivity index (χ3n) is 1.51. The van der Waals surface area contributed by atoms with Crippen molar-refractivity contribution in [2.24, 2.45) is 0 Å². The summed E-state index contributed by atoms with van der Waals surface area (Å²) in [7, 11) is 0. The van der Waals surface area contributed by atoms with Crippen molar-refractivity contribution < 1.29 is 0 Å². The minimum absolute atomic E-state index is 0.0347. The molecule has 60 valence electrons. The summed E-state index contributed by atoms with van der Waals surface area (Å²) in [5, 5.41) is 0. The number of H-pyrrole nitrogens is 1. The third-order valence-corrected chi connectivity index (χ3v) is 2.13. The molecule has 1 aromatic rings. The van der Waals surface area contributed by atoms with E-state index in [1.165, 1.54) is 0 Å². The number of rotatable bonds is 1. The molecule has 0 atom stereocenters. The first kappa shape index (κ1) is 8.53. The summed E-state index contributed by atoms with van der Waals surface area (Å²) in [6.45, 7) is 4.08. The molecule has 2 nitrogen and oxygen atoms in total. The molecule has 0 saturated heterocycles. The van der Waals surface area contributed by atoms with E-state index in [0.717, 1.165) is 5.69 Å². The van der Waals surface area contributed by atoms with Gasteiger partial charge in [0.05, 0.1) is 4.47 Å². The van der Waals surface area contributed by atoms with Crippen molar-refractivity contribution in [3.63, 3.8) is 0 Å². The summed E-state index contributed by atoms with van der Waals surface area (Å²) in [5.74, 6) is 0.371. The predicted molar refractivity (Wildman–Crippen MR) is 48.9 cm³/mol. The second kappa shape index (κ2) is 3.22. The maximum absolute atomic E-state index is 11.1. The fraction of sp³-hybridized carbons (Fsp3) is 0.375. The van der Waals surface area contributed by atoms with E-state index in [0.29, 0.717) is 10.4 Å². The van der Waals surface area contributed by atoms with Gasteiger partial charge in [0.2, 0.25) is 0 Å². The summed E-state index contributed by atoms with van der Waals surface area (Å²) < 4.78 is 0.585. The molecule has 0 radical (unpaired) electrons. The fourth-order valence-electron chi connectivity index (χ4n) is 0.803. The van der Waals surface area contributed by atoms with Gasteiger partial charge in [-0.05, 0) is 21.8 Å². The SMILES string of the molecule is CC(C)c1cc(=O)c(Br)c[nH]1. The van der Waals surface area contributed by atoms with E-state index < -0.39 is 0 Å². The predicted octanol–water partition coefficient (Wildman–Crippen LogP) is 2.26. The second-order valence-electron chi connectivity index (χ2n) is 2.76. The topological polar surface area (TPSA) is 32.9 Å². The van der Waals surface area contributed by atoms with Crippen molar-refractivity contribution in [2.75, 3.05) is 0 Å². The van der Waals surface area contributed by atoms with Gasteiger partial charge in [0.25, 0.3) is 0 Å². The Bertz CT molecular complexity index is 303. The van der Waals surface area contributed by atoms with Crippen molar-refractivity contribution in [2.45, 2.75) is 19.8 Å². The Kier molecular flexibility index (Phi) is 2.49. The Balaban J connectivity index is 3.16. The summed E-state index contributed by atoms with van der Waals surface area (Å²) in [5.41, 5.74) is 1.01. The molecule has 0 saturated carbocycles. The summed E-state index contributed by atoms with van der Waals surface area (Å²) in [6, 6.07) is 1.62. The molecular formula is C8H10BrNO. The van der Waals surface area contributed by atoms with Crippen molar-refractivity contribution in [3.05, 3.63) is 32.7 Å². The number of halogens is 1. The lowest BCUT2D eigenvalue weighted by molar-refractivity contribution is 0.819. The molecule has 0 bridgehead atoms. The average Bonchev–Trinajstić information content (AvgIpc) is 1.94. The van der Waals surface area contributed by atoms with Gasteiger partial charge in [0, 0.05) is 18.0 Å². The van der Waals surface area contributed by atoms with Gasteiger partial charge < -0.3 is 4.98 Å². The fourth-order valence-corrected chi connectivity index (χ4v) is 1.03. The summed E-state index contributed by atoms with van der Waals surface area (Å²) in [4.78, 5) is 14.1. The first-order valence-corrected chi connectivity index (χ1v) is 4.28. The van der Waals surface area contributed by atoms with Crippen LogP contribution in [0.3, 0.4) is 0 Å². The zero-order valence-corrected chi connectivity index (χ0v) is 8.10. The van der Waals surface area contributed by atoms with Gasteiger partial charge >= 0.3 is 0 Å². The number of aromatic nitrogens is 1. The molecule has 0 aliphatic carbocycles. The molecular weight excluding hydrogens is 206 g/mol. The highest BCUT2D eigenvalue weighted by atomic mass is 79.9. The standard InChI is InChI=1S/C8H10BrNO/c1-5(2)7-3-8(11)6(9)4-10-7/h3-5H,1-2H3,(H,10,11). The maximum Gasteiger partial charge on any atom is 0.195 e. The van der Waals surface area contributed by atoms with Crippen molar-refractivity contribution in [1.29, 1.82) is 0 Å². The van der Waals surface area contributed by atoms with E-state index in [-0.39, 0.29) is 5.43 Å². The molecule has 11 heavy (non-hydrogen) atoms. The quantitative estimate of drug-likeness (QED) is 0.767. The average molecular weight is 216 g/mol. The smallest absolute Gasteiger partial charge is 0.195 e. The van der Waals surface area contributed by atoms with Gasteiger partial charge in [-0.3, -0.25) is 4.79 Å².